The Morgan fingerprint density at radius 2 is 2.05 bits per heavy atom. The zero-order valence-electron chi connectivity index (χ0n) is 12.4. The summed E-state index contributed by atoms with van der Waals surface area (Å²) in [6.07, 6.45) is 0.763. The number of rotatable bonds is 4. The van der Waals surface area contributed by atoms with Gasteiger partial charge in [-0.1, -0.05) is 22.0 Å². The van der Waals surface area contributed by atoms with Gasteiger partial charge in [0.1, 0.15) is 0 Å². The van der Waals surface area contributed by atoms with Gasteiger partial charge in [0, 0.05) is 28.1 Å². The molecule has 3 N–H and O–H groups in total. The number of hydrogen-bond donors (Lipinski definition) is 2. The lowest BCUT2D eigenvalue weighted by Gasteiger charge is -2.10. The van der Waals surface area contributed by atoms with Gasteiger partial charge < -0.3 is 11.1 Å². The smallest absolute Gasteiger partial charge is 0.252 e. The summed E-state index contributed by atoms with van der Waals surface area (Å²) in [7, 11) is 0. The molecule has 1 aromatic heterocycles. The molecule has 0 bridgehead atoms. The van der Waals surface area contributed by atoms with Crippen LogP contribution in [0.5, 0.6) is 0 Å². The minimum absolute atomic E-state index is 0. The van der Waals surface area contributed by atoms with E-state index < -0.39 is 0 Å². The largest absolute Gasteiger partial charge is 0.352 e. The van der Waals surface area contributed by atoms with E-state index in [0.29, 0.717) is 12.1 Å². The van der Waals surface area contributed by atoms with Gasteiger partial charge in [-0.15, -0.1) is 24.8 Å². The molecule has 0 fully saturated rings. The summed E-state index contributed by atoms with van der Waals surface area (Å²) in [5.41, 5.74) is 7.98. The molecule has 4 nitrogen and oxygen atoms in total. The van der Waals surface area contributed by atoms with Crippen LogP contribution in [0, 0.1) is 6.92 Å². The average Bonchev–Trinajstić information content (AvgIpc) is 2.36. The Bertz CT molecular complexity index is 645. The Morgan fingerprint density at radius 1 is 1.36 bits per heavy atom. The number of benzene rings is 1. The molecule has 1 atom stereocenters. The first-order chi connectivity index (χ1) is 9.47. The van der Waals surface area contributed by atoms with Crippen LogP contribution in [0.15, 0.2) is 28.7 Å². The normalized spacial score (nSPS) is 11.3. The Hall–Kier alpha value is -0.880. The predicted octanol–water partition coefficient (Wildman–Crippen LogP) is 3.62. The highest BCUT2D eigenvalue weighted by Gasteiger charge is 2.12. The van der Waals surface area contributed by atoms with Crippen LogP contribution in [0.4, 0.5) is 0 Å². The minimum Gasteiger partial charge on any atom is -0.352 e. The van der Waals surface area contributed by atoms with Crippen LogP contribution in [-0.2, 0) is 0 Å². The van der Waals surface area contributed by atoms with Gasteiger partial charge in [-0.25, -0.2) is 0 Å². The first-order valence-corrected chi connectivity index (χ1v) is 7.37. The third-order valence-corrected chi connectivity index (χ3v) is 3.52. The van der Waals surface area contributed by atoms with E-state index in [2.05, 4.69) is 26.2 Å². The van der Waals surface area contributed by atoms with Crippen molar-refractivity contribution in [2.24, 2.45) is 5.73 Å². The molecule has 0 saturated heterocycles. The fourth-order valence-electron chi connectivity index (χ4n) is 2.03. The number of nitrogens with two attached hydrogens (primary N) is 1. The van der Waals surface area contributed by atoms with Gasteiger partial charge in [-0.05, 0) is 38.5 Å². The van der Waals surface area contributed by atoms with Crippen molar-refractivity contribution < 1.29 is 4.79 Å². The molecule has 0 saturated carbocycles. The van der Waals surface area contributed by atoms with Crippen molar-refractivity contribution in [1.82, 2.24) is 10.3 Å². The summed E-state index contributed by atoms with van der Waals surface area (Å²) >= 11 is 3.42. The zero-order chi connectivity index (χ0) is 14.7. The molecular formula is C15H20BrCl2N3O. The molecule has 7 heteroatoms. The maximum Gasteiger partial charge on any atom is 0.252 e. The van der Waals surface area contributed by atoms with Crippen LogP contribution < -0.4 is 11.1 Å². The zero-order valence-corrected chi connectivity index (χ0v) is 15.6. The summed E-state index contributed by atoms with van der Waals surface area (Å²) < 4.78 is 0.950. The SMILES string of the molecule is Cc1cc(C(=O)NCCC(C)N)c2ccc(Br)cc2n1.Cl.Cl. The Kier molecular flexibility index (Phi) is 8.93. The van der Waals surface area contributed by atoms with Gasteiger partial charge in [0.2, 0.25) is 0 Å². The molecular weight excluding hydrogens is 389 g/mol. The molecule has 0 aliphatic carbocycles. The topological polar surface area (TPSA) is 68.0 Å². The van der Waals surface area contributed by atoms with Crippen LogP contribution >= 0.6 is 40.7 Å². The molecule has 1 heterocycles. The summed E-state index contributed by atoms with van der Waals surface area (Å²) in [6.45, 7) is 4.39. The van der Waals surface area contributed by atoms with E-state index in [0.717, 1.165) is 27.5 Å². The number of pyridine rings is 1. The number of carbonyl (C=O) groups is 1. The van der Waals surface area contributed by atoms with E-state index >= 15 is 0 Å². The molecule has 22 heavy (non-hydrogen) atoms. The fourth-order valence-corrected chi connectivity index (χ4v) is 2.38. The second kappa shape index (κ2) is 9.30. The molecule has 0 radical (unpaired) electrons. The van der Waals surface area contributed by atoms with E-state index in [1.165, 1.54) is 0 Å². The molecule has 1 amide bonds. The van der Waals surface area contributed by atoms with Crippen LogP contribution in [-0.4, -0.2) is 23.5 Å². The van der Waals surface area contributed by atoms with Crippen LogP contribution in [0.2, 0.25) is 0 Å². The predicted molar refractivity (Wildman–Crippen MR) is 99.3 cm³/mol. The van der Waals surface area contributed by atoms with Crippen molar-refractivity contribution in [3.63, 3.8) is 0 Å². The van der Waals surface area contributed by atoms with E-state index in [-0.39, 0.29) is 36.8 Å². The monoisotopic (exact) mass is 407 g/mol. The average molecular weight is 409 g/mol. The molecule has 1 aromatic carbocycles. The Morgan fingerprint density at radius 3 is 2.68 bits per heavy atom. The van der Waals surface area contributed by atoms with Crippen LogP contribution in [0.3, 0.4) is 0 Å². The Labute approximate surface area is 151 Å². The third kappa shape index (κ3) is 5.39. The fraction of sp³-hybridized carbons (Fsp3) is 0.333. The first kappa shape index (κ1) is 21.1. The maximum absolute atomic E-state index is 12.3. The second-order valence-electron chi connectivity index (χ2n) is 4.99. The van der Waals surface area contributed by atoms with Crippen molar-refractivity contribution in [3.8, 4) is 0 Å². The third-order valence-electron chi connectivity index (χ3n) is 3.03. The lowest BCUT2D eigenvalue weighted by Crippen LogP contribution is -2.29. The van der Waals surface area contributed by atoms with Crippen LogP contribution in [0.1, 0.15) is 29.4 Å². The molecule has 0 aliphatic rings. The quantitative estimate of drug-likeness (QED) is 0.811. The minimum atomic E-state index is -0.0801. The molecule has 2 aromatic rings. The number of fused-ring (bicyclic) bond motifs is 1. The lowest BCUT2D eigenvalue weighted by molar-refractivity contribution is 0.0954. The number of aryl methyl sites for hydroxylation is 1. The molecule has 1 unspecified atom stereocenters. The summed E-state index contributed by atoms with van der Waals surface area (Å²) in [5.74, 6) is -0.0801. The van der Waals surface area contributed by atoms with E-state index in [4.69, 9.17) is 5.73 Å². The van der Waals surface area contributed by atoms with E-state index in [9.17, 15) is 4.79 Å². The molecule has 122 valence electrons. The molecule has 2 rings (SSSR count). The van der Waals surface area contributed by atoms with Gasteiger partial charge in [0.15, 0.2) is 0 Å². The standard InChI is InChI=1S/C15H18BrN3O.2ClH/c1-9(17)5-6-18-15(20)13-7-10(2)19-14-8-11(16)3-4-12(13)14;;/h3-4,7-9H,5-6,17H2,1-2H3,(H,18,20);2*1H. The van der Waals surface area contributed by atoms with Gasteiger partial charge in [-0.2, -0.15) is 0 Å². The number of amides is 1. The van der Waals surface area contributed by atoms with Crippen molar-refractivity contribution in [3.05, 3.63) is 40.0 Å². The number of hydrogen-bond acceptors (Lipinski definition) is 3. The van der Waals surface area contributed by atoms with Gasteiger partial charge >= 0.3 is 0 Å². The van der Waals surface area contributed by atoms with Crippen molar-refractivity contribution >= 4 is 57.6 Å². The highest BCUT2D eigenvalue weighted by Crippen LogP contribution is 2.22. The van der Waals surface area contributed by atoms with E-state index in [1.807, 2.05) is 38.1 Å². The number of nitrogens with zero attached hydrogens (tertiary/aromatic N) is 1. The Balaban J connectivity index is 0.00000220. The highest BCUT2D eigenvalue weighted by molar-refractivity contribution is 9.10. The maximum atomic E-state index is 12.3. The van der Waals surface area contributed by atoms with Gasteiger partial charge in [-0.3, -0.25) is 9.78 Å². The lowest BCUT2D eigenvalue weighted by atomic mass is 10.1. The van der Waals surface area contributed by atoms with Crippen molar-refractivity contribution in [1.29, 1.82) is 0 Å². The summed E-state index contributed by atoms with van der Waals surface area (Å²) in [5, 5.41) is 3.76. The summed E-state index contributed by atoms with van der Waals surface area (Å²) in [4.78, 5) is 16.7. The second-order valence-corrected chi connectivity index (χ2v) is 5.91. The highest BCUT2D eigenvalue weighted by atomic mass is 79.9. The molecule has 0 spiro atoms. The molecule has 0 aliphatic heterocycles. The van der Waals surface area contributed by atoms with Crippen molar-refractivity contribution in [2.45, 2.75) is 26.3 Å². The van der Waals surface area contributed by atoms with Crippen LogP contribution in [0.25, 0.3) is 10.9 Å². The van der Waals surface area contributed by atoms with E-state index in [1.54, 1.807) is 0 Å². The first-order valence-electron chi connectivity index (χ1n) is 6.58. The number of carbonyl (C=O) groups excluding carboxylic acids is 1. The van der Waals surface area contributed by atoms with Gasteiger partial charge in [0.05, 0.1) is 11.1 Å². The number of aromatic nitrogens is 1. The number of halogens is 3. The van der Waals surface area contributed by atoms with Crippen molar-refractivity contribution in [2.75, 3.05) is 6.54 Å². The number of nitrogens with one attached hydrogen (secondary N) is 1. The summed E-state index contributed by atoms with van der Waals surface area (Å²) in [6, 6.07) is 7.64. The van der Waals surface area contributed by atoms with Gasteiger partial charge in [0.25, 0.3) is 5.91 Å².